The fourth-order valence-electron chi connectivity index (χ4n) is 3.15. The number of anilines is 1. The highest BCUT2D eigenvalue weighted by atomic mass is 35.5. The molecule has 2 heterocycles. The van der Waals surface area contributed by atoms with Crippen LogP contribution in [0.4, 0.5) is 5.69 Å². The van der Waals surface area contributed by atoms with Crippen molar-refractivity contribution in [1.82, 2.24) is 9.88 Å². The minimum absolute atomic E-state index is 0.120. The summed E-state index contributed by atoms with van der Waals surface area (Å²) in [6.45, 7) is 5.45. The van der Waals surface area contributed by atoms with Crippen LogP contribution in [0.15, 0.2) is 36.4 Å². The van der Waals surface area contributed by atoms with E-state index >= 15 is 0 Å². The molecule has 1 aliphatic heterocycles. The summed E-state index contributed by atoms with van der Waals surface area (Å²) in [4.78, 5) is 31.3. The van der Waals surface area contributed by atoms with Crippen molar-refractivity contribution in [3.05, 3.63) is 58.4 Å². The molecule has 1 saturated heterocycles. The van der Waals surface area contributed by atoms with Gasteiger partial charge in [0, 0.05) is 23.8 Å². The largest absolute Gasteiger partial charge is 0.337 e. The average Bonchev–Trinajstić information content (AvgIpc) is 2.65. The number of nitrogens with one attached hydrogen (secondary N) is 1. The Kier molecular flexibility index (Phi) is 5.57. The third-order valence-corrected chi connectivity index (χ3v) is 5.07. The summed E-state index contributed by atoms with van der Waals surface area (Å²) >= 11 is 6.09. The van der Waals surface area contributed by atoms with Crippen LogP contribution in [0.1, 0.15) is 46.3 Å². The first kappa shape index (κ1) is 18.4. The maximum absolute atomic E-state index is 12.7. The van der Waals surface area contributed by atoms with Crippen LogP contribution in [0.25, 0.3) is 0 Å². The number of carbonyl (C=O) groups is 2. The Morgan fingerprint density at radius 1 is 1.19 bits per heavy atom. The van der Waals surface area contributed by atoms with E-state index in [4.69, 9.17) is 11.6 Å². The molecule has 1 aromatic carbocycles. The van der Waals surface area contributed by atoms with E-state index < -0.39 is 0 Å². The molecule has 136 valence electrons. The van der Waals surface area contributed by atoms with Gasteiger partial charge in [-0.05, 0) is 55.5 Å². The number of hydrogen-bond donors (Lipinski definition) is 1. The van der Waals surface area contributed by atoms with Crippen molar-refractivity contribution >= 4 is 29.1 Å². The molecule has 0 spiro atoms. The second-order valence-corrected chi connectivity index (χ2v) is 7.18. The molecule has 2 amide bonds. The second-order valence-electron chi connectivity index (χ2n) is 6.77. The number of hydrogen-bond acceptors (Lipinski definition) is 3. The quantitative estimate of drug-likeness (QED) is 0.880. The van der Waals surface area contributed by atoms with Crippen molar-refractivity contribution in [2.75, 3.05) is 18.4 Å². The van der Waals surface area contributed by atoms with Crippen LogP contribution in [0.5, 0.6) is 0 Å². The normalized spacial score (nSPS) is 17.0. The van der Waals surface area contributed by atoms with Crippen LogP contribution in [-0.4, -0.2) is 34.8 Å². The van der Waals surface area contributed by atoms with Gasteiger partial charge in [0.25, 0.3) is 11.8 Å². The Morgan fingerprint density at radius 3 is 2.69 bits per heavy atom. The van der Waals surface area contributed by atoms with Gasteiger partial charge in [-0.1, -0.05) is 30.7 Å². The van der Waals surface area contributed by atoms with E-state index in [0.717, 1.165) is 31.5 Å². The summed E-state index contributed by atoms with van der Waals surface area (Å²) in [6, 6.07) is 10.3. The molecular weight excluding hydrogens is 350 g/mol. The predicted octanol–water partition coefficient (Wildman–Crippen LogP) is 4.17. The minimum Gasteiger partial charge on any atom is -0.337 e. The van der Waals surface area contributed by atoms with Gasteiger partial charge in [-0.15, -0.1) is 0 Å². The van der Waals surface area contributed by atoms with Crippen LogP contribution < -0.4 is 5.32 Å². The number of rotatable bonds is 3. The van der Waals surface area contributed by atoms with E-state index in [1.807, 2.05) is 11.8 Å². The van der Waals surface area contributed by atoms with Crippen LogP contribution in [0, 0.1) is 12.8 Å². The SMILES string of the molecule is Cc1c(Cl)cccc1NC(=O)c1cccc(C(=O)N2CCCC(C)C2)n1. The van der Waals surface area contributed by atoms with Crippen molar-refractivity contribution < 1.29 is 9.59 Å². The van der Waals surface area contributed by atoms with Gasteiger partial charge in [0.2, 0.25) is 0 Å². The van der Waals surface area contributed by atoms with Gasteiger partial charge in [0.15, 0.2) is 0 Å². The molecule has 5 nitrogen and oxygen atoms in total. The van der Waals surface area contributed by atoms with Gasteiger partial charge in [-0.3, -0.25) is 9.59 Å². The smallest absolute Gasteiger partial charge is 0.274 e. The summed E-state index contributed by atoms with van der Waals surface area (Å²) in [7, 11) is 0. The summed E-state index contributed by atoms with van der Waals surface area (Å²) in [5.41, 5.74) is 1.93. The number of benzene rings is 1. The van der Waals surface area contributed by atoms with Gasteiger partial charge in [0.05, 0.1) is 0 Å². The molecule has 1 aromatic heterocycles. The molecule has 6 heteroatoms. The monoisotopic (exact) mass is 371 g/mol. The predicted molar refractivity (Wildman–Crippen MR) is 103 cm³/mol. The summed E-state index contributed by atoms with van der Waals surface area (Å²) in [5.74, 6) is 0.00662. The van der Waals surface area contributed by atoms with E-state index in [0.29, 0.717) is 22.3 Å². The number of aromatic nitrogens is 1. The zero-order chi connectivity index (χ0) is 18.7. The zero-order valence-electron chi connectivity index (χ0n) is 15.0. The molecule has 0 saturated carbocycles. The lowest BCUT2D eigenvalue weighted by atomic mass is 10.00. The fourth-order valence-corrected chi connectivity index (χ4v) is 3.32. The van der Waals surface area contributed by atoms with Gasteiger partial charge in [0.1, 0.15) is 11.4 Å². The molecular formula is C20H22ClN3O2. The first-order valence-corrected chi connectivity index (χ1v) is 9.16. The van der Waals surface area contributed by atoms with Crippen molar-refractivity contribution in [1.29, 1.82) is 0 Å². The molecule has 1 aliphatic rings. The molecule has 1 atom stereocenters. The number of carbonyl (C=O) groups excluding carboxylic acids is 2. The number of nitrogens with zero attached hydrogens (tertiary/aromatic N) is 2. The summed E-state index contributed by atoms with van der Waals surface area (Å²) in [5, 5.41) is 3.39. The number of halogens is 1. The van der Waals surface area contributed by atoms with Crippen LogP contribution >= 0.6 is 11.6 Å². The molecule has 26 heavy (non-hydrogen) atoms. The Hall–Kier alpha value is -2.40. The highest BCUT2D eigenvalue weighted by Crippen LogP contribution is 2.23. The number of pyridine rings is 1. The number of piperidine rings is 1. The lowest BCUT2D eigenvalue weighted by Crippen LogP contribution is -2.39. The van der Waals surface area contributed by atoms with Gasteiger partial charge < -0.3 is 10.2 Å². The van der Waals surface area contributed by atoms with E-state index in [2.05, 4.69) is 17.2 Å². The second kappa shape index (κ2) is 7.87. The molecule has 0 bridgehead atoms. The Labute approximate surface area is 158 Å². The van der Waals surface area contributed by atoms with E-state index in [9.17, 15) is 9.59 Å². The molecule has 2 aromatic rings. The topological polar surface area (TPSA) is 62.3 Å². The first-order chi connectivity index (χ1) is 12.5. The standard InChI is InChI=1S/C20H22ClN3O2/c1-13-6-5-11-24(12-13)20(26)18-10-4-9-17(22-18)19(25)23-16-8-3-7-15(21)14(16)2/h3-4,7-10,13H,5-6,11-12H2,1-2H3,(H,23,25). The van der Waals surface area contributed by atoms with E-state index in [1.54, 1.807) is 36.4 Å². The third-order valence-electron chi connectivity index (χ3n) is 4.66. The van der Waals surface area contributed by atoms with Gasteiger partial charge in [-0.2, -0.15) is 0 Å². The van der Waals surface area contributed by atoms with Crippen LogP contribution in [0.2, 0.25) is 5.02 Å². The van der Waals surface area contributed by atoms with Crippen molar-refractivity contribution in [3.63, 3.8) is 0 Å². The van der Waals surface area contributed by atoms with Crippen LogP contribution in [0.3, 0.4) is 0 Å². The molecule has 0 aliphatic carbocycles. The molecule has 3 rings (SSSR count). The number of amides is 2. The highest BCUT2D eigenvalue weighted by molar-refractivity contribution is 6.31. The summed E-state index contributed by atoms with van der Waals surface area (Å²) < 4.78 is 0. The van der Waals surface area contributed by atoms with Crippen molar-refractivity contribution in [2.24, 2.45) is 5.92 Å². The molecule has 0 radical (unpaired) electrons. The molecule has 1 N–H and O–H groups in total. The lowest BCUT2D eigenvalue weighted by Gasteiger charge is -2.30. The van der Waals surface area contributed by atoms with Gasteiger partial charge in [-0.25, -0.2) is 4.98 Å². The maximum atomic E-state index is 12.7. The maximum Gasteiger partial charge on any atom is 0.274 e. The van der Waals surface area contributed by atoms with Crippen molar-refractivity contribution in [2.45, 2.75) is 26.7 Å². The number of likely N-dealkylation sites (tertiary alicyclic amines) is 1. The molecule has 1 fully saturated rings. The Bertz CT molecular complexity index is 838. The Morgan fingerprint density at radius 2 is 1.92 bits per heavy atom. The first-order valence-electron chi connectivity index (χ1n) is 8.78. The zero-order valence-corrected chi connectivity index (χ0v) is 15.7. The average molecular weight is 372 g/mol. The Balaban J connectivity index is 1.77. The minimum atomic E-state index is -0.364. The molecule has 1 unspecified atom stereocenters. The lowest BCUT2D eigenvalue weighted by molar-refractivity contribution is 0.0677. The fraction of sp³-hybridized carbons (Fsp3) is 0.350. The van der Waals surface area contributed by atoms with E-state index in [-0.39, 0.29) is 17.5 Å². The highest BCUT2D eigenvalue weighted by Gasteiger charge is 2.23. The van der Waals surface area contributed by atoms with E-state index in [1.165, 1.54) is 0 Å². The van der Waals surface area contributed by atoms with Crippen molar-refractivity contribution in [3.8, 4) is 0 Å². The van der Waals surface area contributed by atoms with Crippen LogP contribution in [-0.2, 0) is 0 Å². The summed E-state index contributed by atoms with van der Waals surface area (Å²) in [6.07, 6.45) is 2.14. The van der Waals surface area contributed by atoms with Gasteiger partial charge >= 0.3 is 0 Å². The third kappa shape index (κ3) is 4.05.